The fourth-order valence-corrected chi connectivity index (χ4v) is 3.22. The molecule has 1 heterocycles. The van der Waals surface area contributed by atoms with E-state index in [-0.39, 0.29) is 11.4 Å². The minimum Gasteiger partial charge on any atom is -0.489 e. The van der Waals surface area contributed by atoms with Crippen LogP contribution in [0, 0.1) is 13.8 Å². The van der Waals surface area contributed by atoms with Crippen LogP contribution < -0.4 is 4.74 Å². The van der Waals surface area contributed by atoms with Crippen LogP contribution in [0.1, 0.15) is 60.5 Å². The van der Waals surface area contributed by atoms with Crippen molar-refractivity contribution in [3.8, 4) is 5.75 Å². The molecule has 0 atom stereocenters. The average Bonchev–Trinajstić information content (AvgIpc) is 3.02. The van der Waals surface area contributed by atoms with Crippen LogP contribution in [0.25, 0.3) is 11.0 Å². The first-order valence-corrected chi connectivity index (χ1v) is 9.63. The highest BCUT2D eigenvalue weighted by Gasteiger charge is 2.30. The van der Waals surface area contributed by atoms with Crippen molar-refractivity contribution < 1.29 is 18.7 Å². The molecule has 3 aromatic rings. The van der Waals surface area contributed by atoms with Crippen molar-refractivity contribution in [3.63, 3.8) is 0 Å². The standard InChI is InChI=1S/C24H28O4/c1-7-26-23(25)21-19-13-18(10-11-20(19)28-22(21)24(4,5)6)27-14-17-12-15(2)8-9-16(17)3/h8-13H,7,14H2,1-6H3. The third-order valence-electron chi connectivity index (χ3n) is 4.72. The van der Waals surface area contributed by atoms with Gasteiger partial charge < -0.3 is 13.9 Å². The molecule has 0 aliphatic carbocycles. The van der Waals surface area contributed by atoms with Gasteiger partial charge in [0.15, 0.2) is 0 Å². The molecule has 0 aliphatic heterocycles. The highest BCUT2D eigenvalue weighted by atomic mass is 16.5. The molecule has 0 unspecified atom stereocenters. The number of benzene rings is 2. The normalized spacial score (nSPS) is 11.6. The minimum absolute atomic E-state index is 0.317. The molecule has 0 amide bonds. The van der Waals surface area contributed by atoms with Crippen molar-refractivity contribution in [1.29, 1.82) is 0 Å². The van der Waals surface area contributed by atoms with Gasteiger partial charge in [0.25, 0.3) is 0 Å². The fourth-order valence-electron chi connectivity index (χ4n) is 3.22. The van der Waals surface area contributed by atoms with Crippen molar-refractivity contribution in [2.75, 3.05) is 6.61 Å². The number of hydrogen-bond acceptors (Lipinski definition) is 4. The molecule has 0 radical (unpaired) electrons. The average molecular weight is 380 g/mol. The maximum absolute atomic E-state index is 12.6. The third-order valence-corrected chi connectivity index (χ3v) is 4.72. The van der Waals surface area contributed by atoms with E-state index in [9.17, 15) is 4.79 Å². The number of carbonyl (C=O) groups is 1. The van der Waals surface area contributed by atoms with Crippen LogP contribution >= 0.6 is 0 Å². The second-order valence-corrected chi connectivity index (χ2v) is 8.15. The highest BCUT2D eigenvalue weighted by Crippen LogP contribution is 2.36. The Morgan fingerprint density at radius 3 is 2.50 bits per heavy atom. The van der Waals surface area contributed by atoms with E-state index in [1.807, 2.05) is 39.0 Å². The Labute approximate surface area is 166 Å². The molecule has 3 rings (SSSR count). The molecule has 1 aromatic heterocycles. The van der Waals surface area contributed by atoms with Gasteiger partial charge in [0, 0.05) is 10.8 Å². The van der Waals surface area contributed by atoms with Crippen molar-refractivity contribution in [1.82, 2.24) is 0 Å². The summed E-state index contributed by atoms with van der Waals surface area (Å²) in [7, 11) is 0. The first kappa shape index (κ1) is 20.0. The van der Waals surface area contributed by atoms with Gasteiger partial charge in [0.05, 0.1) is 6.61 Å². The zero-order valence-corrected chi connectivity index (χ0v) is 17.5. The lowest BCUT2D eigenvalue weighted by Gasteiger charge is -2.16. The first-order valence-electron chi connectivity index (χ1n) is 9.63. The van der Waals surface area contributed by atoms with Gasteiger partial charge in [-0.25, -0.2) is 4.79 Å². The van der Waals surface area contributed by atoms with Crippen molar-refractivity contribution >= 4 is 16.9 Å². The van der Waals surface area contributed by atoms with Crippen molar-refractivity contribution in [2.24, 2.45) is 0 Å². The minimum atomic E-state index is -0.363. The number of furan rings is 1. The third kappa shape index (κ3) is 4.06. The van der Waals surface area contributed by atoms with Crippen LogP contribution in [-0.2, 0) is 16.8 Å². The Morgan fingerprint density at radius 2 is 1.82 bits per heavy atom. The molecule has 4 heteroatoms. The molecular formula is C24H28O4. The quantitative estimate of drug-likeness (QED) is 0.502. The van der Waals surface area contributed by atoms with Crippen LogP contribution in [0.2, 0.25) is 0 Å². The Bertz CT molecular complexity index is 1010. The summed E-state index contributed by atoms with van der Waals surface area (Å²) in [6, 6.07) is 11.9. The van der Waals surface area contributed by atoms with Crippen LogP contribution in [0.5, 0.6) is 5.75 Å². The second kappa shape index (κ2) is 7.70. The van der Waals surface area contributed by atoms with Crippen LogP contribution in [0.4, 0.5) is 0 Å². The molecule has 0 aliphatic rings. The Morgan fingerprint density at radius 1 is 1.07 bits per heavy atom. The van der Waals surface area contributed by atoms with Gasteiger partial charge in [0.2, 0.25) is 0 Å². The van der Waals surface area contributed by atoms with E-state index >= 15 is 0 Å². The molecular weight excluding hydrogens is 352 g/mol. The lowest BCUT2D eigenvalue weighted by Crippen LogP contribution is -2.16. The maximum Gasteiger partial charge on any atom is 0.342 e. The van der Waals surface area contributed by atoms with Crippen molar-refractivity contribution in [3.05, 3.63) is 64.4 Å². The molecule has 148 valence electrons. The summed E-state index contributed by atoms with van der Waals surface area (Å²) in [4.78, 5) is 12.6. The predicted molar refractivity (Wildman–Crippen MR) is 111 cm³/mol. The largest absolute Gasteiger partial charge is 0.489 e. The molecule has 4 nitrogen and oxygen atoms in total. The van der Waals surface area contributed by atoms with E-state index in [4.69, 9.17) is 13.9 Å². The van der Waals surface area contributed by atoms with Gasteiger partial charge in [-0.2, -0.15) is 0 Å². The van der Waals surface area contributed by atoms with Gasteiger partial charge in [-0.3, -0.25) is 0 Å². The second-order valence-electron chi connectivity index (χ2n) is 8.15. The van der Waals surface area contributed by atoms with Gasteiger partial charge in [-0.15, -0.1) is 0 Å². The van der Waals surface area contributed by atoms with Gasteiger partial charge in [0.1, 0.15) is 29.3 Å². The smallest absolute Gasteiger partial charge is 0.342 e. The fraction of sp³-hybridized carbons (Fsp3) is 0.375. The van der Waals surface area contributed by atoms with Gasteiger partial charge in [-0.05, 0) is 50.1 Å². The van der Waals surface area contributed by atoms with Crippen LogP contribution in [0.15, 0.2) is 40.8 Å². The number of ether oxygens (including phenoxy) is 2. The Kier molecular flexibility index (Phi) is 5.50. The molecule has 0 saturated carbocycles. The van der Waals surface area contributed by atoms with E-state index in [0.29, 0.717) is 35.9 Å². The molecule has 0 spiro atoms. The first-order chi connectivity index (χ1) is 13.2. The lowest BCUT2D eigenvalue weighted by molar-refractivity contribution is 0.0523. The number of carbonyl (C=O) groups excluding carboxylic acids is 1. The number of fused-ring (bicyclic) bond motifs is 1. The number of rotatable bonds is 5. The highest BCUT2D eigenvalue weighted by molar-refractivity contribution is 6.05. The summed E-state index contributed by atoms with van der Waals surface area (Å²) >= 11 is 0. The Balaban J connectivity index is 1.98. The van der Waals surface area contributed by atoms with E-state index < -0.39 is 0 Å². The van der Waals surface area contributed by atoms with E-state index in [1.165, 1.54) is 11.1 Å². The molecule has 0 N–H and O–H groups in total. The molecule has 28 heavy (non-hydrogen) atoms. The number of esters is 1. The summed E-state index contributed by atoms with van der Waals surface area (Å²) in [5.41, 5.74) is 4.37. The SMILES string of the molecule is CCOC(=O)c1c(C(C)(C)C)oc2ccc(OCc3cc(C)ccc3C)cc12. The summed E-state index contributed by atoms with van der Waals surface area (Å²) in [5.74, 6) is 0.964. The zero-order chi connectivity index (χ0) is 20.5. The van der Waals surface area contributed by atoms with Crippen LogP contribution in [0.3, 0.4) is 0 Å². The summed E-state index contributed by atoms with van der Waals surface area (Å²) in [6.45, 7) is 12.8. The lowest BCUT2D eigenvalue weighted by atomic mass is 9.89. The van der Waals surface area contributed by atoms with E-state index in [0.717, 1.165) is 10.9 Å². The zero-order valence-electron chi connectivity index (χ0n) is 17.5. The number of aryl methyl sites for hydroxylation is 2. The van der Waals surface area contributed by atoms with Gasteiger partial charge >= 0.3 is 5.97 Å². The van der Waals surface area contributed by atoms with Crippen molar-refractivity contribution in [2.45, 2.75) is 53.6 Å². The van der Waals surface area contributed by atoms with Gasteiger partial charge in [-0.1, -0.05) is 44.5 Å². The summed E-state index contributed by atoms with van der Waals surface area (Å²) in [6.07, 6.45) is 0. The van der Waals surface area contributed by atoms with E-state index in [2.05, 4.69) is 32.0 Å². The Hall–Kier alpha value is -2.75. The summed E-state index contributed by atoms with van der Waals surface area (Å²) in [5, 5.41) is 0.724. The summed E-state index contributed by atoms with van der Waals surface area (Å²) < 4.78 is 17.3. The predicted octanol–water partition coefficient (Wildman–Crippen LogP) is 6.10. The monoisotopic (exact) mass is 380 g/mol. The van der Waals surface area contributed by atoms with Crippen LogP contribution in [-0.4, -0.2) is 12.6 Å². The number of hydrogen-bond donors (Lipinski definition) is 0. The molecule has 2 aromatic carbocycles. The topological polar surface area (TPSA) is 48.7 Å². The molecule has 0 bridgehead atoms. The molecule has 0 fully saturated rings. The molecule has 0 saturated heterocycles. The van der Waals surface area contributed by atoms with E-state index in [1.54, 1.807) is 6.92 Å². The maximum atomic E-state index is 12.6.